The molecule has 1 aliphatic heterocycles. The maximum Gasteiger partial charge on any atom is 0.182 e. The number of hydrogen-bond donors (Lipinski definition) is 1. The zero-order valence-corrected chi connectivity index (χ0v) is 12.0. The van der Waals surface area contributed by atoms with E-state index in [-0.39, 0.29) is 0 Å². The van der Waals surface area contributed by atoms with Gasteiger partial charge in [0.05, 0.1) is 19.9 Å². The van der Waals surface area contributed by atoms with Crippen molar-refractivity contribution in [2.75, 3.05) is 14.2 Å². The first-order valence-electron chi connectivity index (χ1n) is 6.12. The van der Waals surface area contributed by atoms with E-state index in [0.29, 0.717) is 21.9 Å². The number of ether oxygens (including phenoxy) is 2. The maximum absolute atomic E-state index is 9.52. The molecule has 3 rings (SSSR count). The van der Waals surface area contributed by atoms with Gasteiger partial charge < -0.3 is 14.0 Å². The molecule has 2 heterocycles. The van der Waals surface area contributed by atoms with Crippen LogP contribution in [-0.2, 0) is 13.0 Å². The fourth-order valence-electron chi connectivity index (χ4n) is 2.64. The van der Waals surface area contributed by atoms with Gasteiger partial charge in [0.2, 0.25) is 0 Å². The zero-order chi connectivity index (χ0) is 14.3. The minimum absolute atomic E-state index is 0.458. The van der Waals surface area contributed by atoms with E-state index < -0.39 is 0 Å². The van der Waals surface area contributed by atoms with Crippen LogP contribution in [0.4, 0.5) is 0 Å². The number of thiazole rings is 1. The summed E-state index contributed by atoms with van der Waals surface area (Å²) in [5.74, 6) is 1.04. The summed E-state index contributed by atoms with van der Waals surface area (Å²) in [6, 6.07) is 4.15. The molecule has 5 nitrogen and oxygen atoms in total. The van der Waals surface area contributed by atoms with Crippen LogP contribution >= 0.6 is 11.3 Å². The highest BCUT2D eigenvalue weighted by Gasteiger charge is 2.26. The first-order valence-corrected chi connectivity index (χ1v) is 7.00. The van der Waals surface area contributed by atoms with Gasteiger partial charge in [-0.25, -0.2) is 0 Å². The van der Waals surface area contributed by atoms with Gasteiger partial charge in [-0.1, -0.05) is 0 Å². The van der Waals surface area contributed by atoms with E-state index in [4.69, 9.17) is 14.9 Å². The molecular formula is C14H13N3O2S. The lowest BCUT2D eigenvalue weighted by Gasteiger charge is -2.22. The molecule has 0 fully saturated rings. The standard InChI is InChI=1S/C14H13N3O2S/c1-18-11-5-8-3-4-17-10(7-20-14(17)16)12(8)9(6-15)13(11)19-2/h5,7,16H,3-4H2,1-2H3. The van der Waals surface area contributed by atoms with Crippen LogP contribution in [0.15, 0.2) is 11.4 Å². The number of fused-ring (bicyclic) bond motifs is 3. The van der Waals surface area contributed by atoms with E-state index in [0.717, 1.165) is 29.8 Å². The highest BCUT2D eigenvalue weighted by Crippen LogP contribution is 2.42. The van der Waals surface area contributed by atoms with Gasteiger partial charge in [0.25, 0.3) is 0 Å². The summed E-state index contributed by atoms with van der Waals surface area (Å²) in [7, 11) is 3.10. The third-order valence-corrected chi connectivity index (χ3v) is 4.33. The summed E-state index contributed by atoms with van der Waals surface area (Å²) in [5.41, 5.74) is 3.33. The molecule has 0 bridgehead atoms. The van der Waals surface area contributed by atoms with Gasteiger partial charge in [0.15, 0.2) is 16.3 Å². The molecule has 20 heavy (non-hydrogen) atoms. The average molecular weight is 287 g/mol. The molecule has 1 aliphatic rings. The van der Waals surface area contributed by atoms with Gasteiger partial charge in [0, 0.05) is 17.5 Å². The molecule has 0 unspecified atom stereocenters. The predicted molar refractivity (Wildman–Crippen MR) is 75.1 cm³/mol. The quantitative estimate of drug-likeness (QED) is 0.920. The topological polar surface area (TPSA) is 71.0 Å². The lowest BCUT2D eigenvalue weighted by molar-refractivity contribution is 0.353. The highest BCUT2D eigenvalue weighted by molar-refractivity contribution is 7.07. The molecule has 0 saturated heterocycles. The third-order valence-electron chi connectivity index (χ3n) is 3.54. The van der Waals surface area contributed by atoms with Crippen molar-refractivity contribution in [2.45, 2.75) is 13.0 Å². The number of aryl methyl sites for hydroxylation is 1. The Hall–Kier alpha value is -2.26. The summed E-state index contributed by atoms with van der Waals surface area (Å²) in [6.45, 7) is 0.755. The van der Waals surface area contributed by atoms with E-state index in [1.54, 1.807) is 7.11 Å². The van der Waals surface area contributed by atoms with Crippen LogP contribution in [0, 0.1) is 16.7 Å². The van der Waals surface area contributed by atoms with Crippen molar-refractivity contribution in [1.82, 2.24) is 4.57 Å². The van der Waals surface area contributed by atoms with Gasteiger partial charge in [-0.15, -0.1) is 11.3 Å². The largest absolute Gasteiger partial charge is 0.493 e. The fraction of sp³-hybridized carbons (Fsp3) is 0.286. The van der Waals surface area contributed by atoms with Crippen LogP contribution in [0.25, 0.3) is 11.3 Å². The average Bonchev–Trinajstić information content (AvgIpc) is 2.86. The van der Waals surface area contributed by atoms with E-state index >= 15 is 0 Å². The summed E-state index contributed by atoms with van der Waals surface area (Å²) >= 11 is 1.37. The molecule has 0 spiro atoms. The number of methoxy groups -OCH3 is 2. The normalized spacial score (nSPS) is 12.2. The molecular weight excluding hydrogens is 274 g/mol. The van der Waals surface area contributed by atoms with Crippen molar-refractivity contribution < 1.29 is 9.47 Å². The van der Waals surface area contributed by atoms with E-state index in [1.807, 2.05) is 16.0 Å². The van der Waals surface area contributed by atoms with E-state index in [1.165, 1.54) is 18.4 Å². The summed E-state index contributed by atoms with van der Waals surface area (Å²) in [6.07, 6.45) is 0.782. The molecule has 1 aromatic carbocycles. The van der Waals surface area contributed by atoms with Crippen molar-refractivity contribution in [1.29, 1.82) is 10.7 Å². The van der Waals surface area contributed by atoms with Crippen LogP contribution in [0.2, 0.25) is 0 Å². The van der Waals surface area contributed by atoms with Gasteiger partial charge in [-0.2, -0.15) is 5.26 Å². The van der Waals surface area contributed by atoms with Crippen LogP contribution in [0.5, 0.6) is 11.5 Å². The second-order valence-electron chi connectivity index (χ2n) is 4.46. The van der Waals surface area contributed by atoms with E-state index in [9.17, 15) is 5.26 Å². The monoisotopic (exact) mass is 287 g/mol. The molecule has 102 valence electrons. The van der Waals surface area contributed by atoms with Gasteiger partial charge in [0.1, 0.15) is 11.6 Å². The van der Waals surface area contributed by atoms with Crippen molar-refractivity contribution in [3.05, 3.63) is 27.4 Å². The molecule has 6 heteroatoms. The Labute approximate surface area is 120 Å². The number of nitrogens with one attached hydrogen (secondary N) is 1. The Kier molecular flexibility index (Phi) is 2.99. The number of benzene rings is 1. The Morgan fingerprint density at radius 2 is 2.20 bits per heavy atom. The summed E-state index contributed by atoms with van der Waals surface area (Å²) < 4.78 is 12.6. The summed E-state index contributed by atoms with van der Waals surface area (Å²) in [5, 5.41) is 19.4. The van der Waals surface area contributed by atoms with E-state index in [2.05, 4.69) is 6.07 Å². The molecule has 0 aliphatic carbocycles. The van der Waals surface area contributed by atoms with Crippen molar-refractivity contribution in [3.8, 4) is 28.8 Å². The predicted octanol–water partition coefficient (Wildman–Crippen LogP) is 2.14. The number of nitrogens with zero attached hydrogens (tertiary/aromatic N) is 2. The lowest BCUT2D eigenvalue weighted by Crippen LogP contribution is -2.20. The smallest absolute Gasteiger partial charge is 0.182 e. The number of aromatic nitrogens is 1. The number of nitriles is 1. The van der Waals surface area contributed by atoms with Crippen LogP contribution < -0.4 is 14.3 Å². The van der Waals surface area contributed by atoms with Gasteiger partial charge in [-0.05, 0) is 18.1 Å². The SMILES string of the molecule is COc1cc2c(c(C#N)c1OC)-c1csc(=N)n1CC2. The minimum Gasteiger partial charge on any atom is -0.493 e. The Balaban J connectivity index is 2.39. The molecule has 1 aromatic heterocycles. The zero-order valence-electron chi connectivity index (χ0n) is 11.2. The Morgan fingerprint density at radius 3 is 2.85 bits per heavy atom. The van der Waals surface area contributed by atoms with Crippen LogP contribution in [0.3, 0.4) is 0 Å². The van der Waals surface area contributed by atoms with Crippen LogP contribution in [0.1, 0.15) is 11.1 Å². The molecule has 1 N–H and O–H groups in total. The maximum atomic E-state index is 9.52. The second kappa shape index (κ2) is 4.69. The molecule has 0 atom stereocenters. The molecule has 2 aromatic rings. The van der Waals surface area contributed by atoms with Crippen LogP contribution in [-0.4, -0.2) is 18.8 Å². The Bertz CT molecular complexity index is 783. The summed E-state index contributed by atoms with van der Waals surface area (Å²) in [4.78, 5) is 0.504. The van der Waals surface area contributed by atoms with Crippen molar-refractivity contribution in [3.63, 3.8) is 0 Å². The molecule has 0 radical (unpaired) electrons. The first-order chi connectivity index (χ1) is 9.71. The third kappa shape index (κ3) is 1.63. The molecule has 0 amide bonds. The lowest BCUT2D eigenvalue weighted by atomic mass is 9.93. The Morgan fingerprint density at radius 1 is 1.40 bits per heavy atom. The van der Waals surface area contributed by atoms with Gasteiger partial charge in [-0.3, -0.25) is 5.41 Å². The van der Waals surface area contributed by atoms with Crippen molar-refractivity contribution >= 4 is 11.3 Å². The number of rotatable bonds is 2. The minimum atomic E-state index is 0.458. The highest BCUT2D eigenvalue weighted by atomic mass is 32.1. The van der Waals surface area contributed by atoms with Crippen molar-refractivity contribution in [2.24, 2.45) is 0 Å². The molecule has 0 saturated carbocycles. The fourth-order valence-corrected chi connectivity index (χ4v) is 3.43. The first kappa shape index (κ1) is 12.8. The second-order valence-corrected chi connectivity index (χ2v) is 5.32. The number of hydrogen-bond acceptors (Lipinski definition) is 5. The van der Waals surface area contributed by atoms with Gasteiger partial charge >= 0.3 is 0 Å².